The number of likely N-dealkylation sites (tertiary alicyclic amines) is 1. The molecule has 7 heteroatoms. The molecule has 0 saturated carbocycles. The van der Waals surface area contributed by atoms with Crippen LogP contribution in [0.3, 0.4) is 0 Å². The fourth-order valence-corrected chi connectivity index (χ4v) is 3.83. The molecule has 0 radical (unpaired) electrons. The van der Waals surface area contributed by atoms with Crippen LogP contribution >= 0.6 is 0 Å². The number of anilines is 1. The van der Waals surface area contributed by atoms with Crippen LogP contribution in [0.2, 0.25) is 0 Å². The van der Waals surface area contributed by atoms with Crippen LogP contribution in [-0.4, -0.2) is 49.5 Å². The number of hydrogen-bond acceptors (Lipinski definition) is 6. The molecule has 29 heavy (non-hydrogen) atoms. The third-order valence-corrected chi connectivity index (χ3v) is 5.54. The lowest BCUT2D eigenvalue weighted by molar-refractivity contribution is -0.121. The molecule has 1 fully saturated rings. The van der Waals surface area contributed by atoms with E-state index in [1.54, 1.807) is 7.11 Å². The van der Waals surface area contributed by atoms with E-state index in [4.69, 9.17) is 14.2 Å². The molecule has 2 aromatic carbocycles. The zero-order valence-electron chi connectivity index (χ0n) is 16.5. The standard InChI is InChI=1S/C22H26N2O5/c1-27-19-5-3-2-4-17(19)23-22(26)15-8-10-24(11-9-15)13-18(25)16-6-7-20-21(12-16)29-14-28-20/h2-7,12,15,18,25H,8-11,13-14H2,1H3,(H,23,26)/t18-/m1/s1. The zero-order valence-corrected chi connectivity index (χ0v) is 16.5. The summed E-state index contributed by atoms with van der Waals surface area (Å²) in [6, 6.07) is 12.9. The van der Waals surface area contributed by atoms with Gasteiger partial charge in [-0.3, -0.25) is 4.79 Å². The van der Waals surface area contributed by atoms with Crippen molar-refractivity contribution in [3.63, 3.8) is 0 Å². The maximum Gasteiger partial charge on any atom is 0.231 e. The fraction of sp³-hybridized carbons (Fsp3) is 0.409. The van der Waals surface area contributed by atoms with Crippen molar-refractivity contribution in [2.45, 2.75) is 18.9 Å². The Bertz CT molecular complexity index is 864. The third-order valence-electron chi connectivity index (χ3n) is 5.54. The second-order valence-corrected chi connectivity index (χ2v) is 7.39. The number of nitrogens with one attached hydrogen (secondary N) is 1. The van der Waals surface area contributed by atoms with Crippen molar-refractivity contribution >= 4 is 11.6 Å². The molecule has 2 heterocycles. The Balaban J connectivity index is 1.28. The summed E-state index contributed by atoms with van der Waals surface area (Å²) in [5.74, 6) is 2.02. The number of aliphatic hydroxyl groups is 1. The van der Waals surface area contributed by atoms with Gasteiger partial charge in [0.25, 0.3) is 0 Å². The van der Waals surface area contributed by atoms with E-state index in [2.05, 4.69) is 10.2 Å². The lowest BCUT2D eigenvalue weighted by Crippen LogP contribution is -2.40. The largest absolute Gasteiger partial charge is 0.495 e. The SMILES string of the molecule is COc1ccccc1NC(=O)C1CCN(C[C@@H](O)c2ccc3c(c2)OCO3)CC1. The van der Waals surface area contributed by atoms with Gasteiger partial charge in [0.05, 0.1) is 18.9 Å². The van der Waals surface area contributed by atoms with Gasteiger partial charge in [-0.15, -0.1) is 0 Å². The first-order chi connectivity index (χ1) is 14.1. The smallest absolute Gasteiger partial charge is 0.231 e. The molecule has 2 N–H and O–H groups in total. The molecule has 2 aliphatic heterocycles. The van der Waals surface area contributed by atoms with E-state index < -0.39 is 6.10 Å². The molecule has 154 valence electrons. The Labute approximate surface area is 170 Å². The van der Waals surface area contributed by atoms with Gasteiger partial charge in [-0.05, 0) is 55.8 Å². The first-order valence-electron chi connectivity index (χ1n) is 9.88. The minimum Gasteiger partial charge on any atom is -0.495 e. The second kappa shape index (κ2) is 8.71. The number of amides is 1. The molecular weight excluding hydrogens is 372 g/mol. The molecule has 0 aromatic heterocycles. The van der Waals surface area contributed by atoms with Crippen molar-refractivity contribution in [1.82, 2.24) is 4.90 Å². The Kier molecular flexibility index (Phi) is 5.87. The summed E-state index contributed by atoms with van der Waals surface area (Å²) in [7, 11) is 1.59. The predicted octanol–water partition coefficient (Wildman–Crippen LogP) is 2.81. The summed E-state index contributed by atoms with van der Waals surface area (Å²) in [4.78, 5) is 14.8. The number of para-hydroxylation sites is 2. The van der Waals surface area contributed by atoms with E-state index in [9.17, 15) is 9.90 Å². The quantitative estimate of drug-likeness (QED) is 0.779. The third kappa shape index (κ3) is 4.46. The normalized spacial score (nSPS) is 17.7. The van der Waals surface area contributed by atoms with Crippen LogP contribution in [0.15, 0.2) is 42.5 Å². The van der Waals surface area contributed by atoms with Gasteiger partial charge in [0.2, 0.25) is 12.7 Å². The van der Waals surface area contributed by atoms with E-state index in [1.807, 2.05) is 42.5 Å². The summed E-state index contributed by atoms with van der Waals surface area (Å²) >= 11 is 0. The number of carbonyl (C=O) groups excluding carboxylic acids is 1. The molecule has 2 aliphatic rings. The average molecular weight is 398 g/mol. The molecule has 0 bridgehead atoms. The van der Waals surface area contributed by atoms with Gasteiger partial charge in [0.1, 0.15) is 5.75 Å². The van der Waals surface area contributed by atoms with E-state index in [0.29, 0.717) is 29.5 Å². The second-order valence-electron chi connectivity index (χ2n) is 7.39. The number of carbonyl (C=O) groups is 1. The molecule has 0 spiro atoms. The first-order valence-corrected chi connectivity index (χ1v) is 9.88. The number of benzene rings is 2. The Morgan fingerprint density at radius 3 is 2.76 bits per heavy atom. The number of hydrogen-bond donors (Lipinski definition) is 2. The van der Waals surface area contributed by atoms with Gasteiger partial charge < -0.3 is 29.5 Å². The van der Waals surface area contributed by atoms with Gasteiger partial charge in [-0.2, -0.15) is 0 Å². The highest BCUT2D eigenvalue weighted by molar-refractivity contribution is 5.94. The monoisotopic (exact) mass is 398 g/mol. The zero-order chi connectivity index (χ0) is 20.2. The van der Waals surface area contributed by atoms with Gasteiger partial charge in [-0.1, -0.05) is 18.2 Å². The summed E-state index contributed by atoms with van der Waals surface area (Å²) < 4.78 is 16.0. The van der Waals surface area contributed by atoms with Crippen LogP contribution in [0, 0.1) is 5.92 Å². The van der Waals surface area contributed by atoms with Crippen molar-refractivity contribution in [3.05, 3.63) is 48.0 Å². The fourth-order valence-electron chi connectivity index (χ4n) is 3.83. The Morgan fingerprint density at radius 2 is 1.97 bits per heavy atom. The number of piperidine rings is 1. The van der Waals surface area contributed by atoms with Crippen LogP contribution in [0.1, 0.15) is 24.5 Å². The lowest BCUT2D eigenvalue weighted by atomic mass is 9.95. The average Bonchev–Trinajstić information content (AvgIpc) is 3.22. The molecule has 0 unspecified atom stereocenters. The van der Waals surface area contributed by atoms with Crippen molar-refractivity contribution < 1.29 is 24.1 Å². The highest BCUT2D eigenvalue weighted by atomic mass is 16.7. The van der Waals surface area contributed by atoms with Crippen molar-refractivity contribution in [2.24, 2.45) is 5.92 Å². The number of nitrogens with zero attached hydrogens (tertiary/aromatic N) is 1. The highest BCUT2D eigenvalue weighted by Gasteiger charge is 2.27. The summed E-state index contributed by atoms with van der Waals surface area (Å²) in [5.41, 5.74) is 1.51. The number of β-amino-alcohol motifs (C(OH)–C–C–N with tert-alkyl or cyclic N) is 1. The summed E-state index contributed by atoms with van der Waals surface area (Å²) in [6.45, 7) is 2.29. The highest BCUT2D eigenvalue weighted by Crippen LogP contribution is 2.34. The number of ether oxygens (including phenoxy) is 3. The molecular formula is C22H26N2O5. The molecule has 1 atom stereocenters. The Hall–Kier alpha value is -2.77. The molecule has 1 amide bonds. The molecule has 1 saturated heterocycles. The summed E-state index contributed by atoms with van der Waals surface area (Å²) in [6.07, 6.45) is 0.910. The van der Waals surface area contributed by atoms with E-state index in [-0.39, 0.29) is 18.6 Å². The van der Waals surface area contributed by atoms with Crippen molar-refractivity contribution in [3.8, 4) is 17.2 Å². The number of methoxy groups -OCH3 is 1. The van der Waals surface area contributed by atoms with Gasteiger partial charge in [0.15, 0.2) is 11.5 Å². The molecule has 0 aliphatic carbocycles. The van der Waals surface area contributed by atoms with Crippen LogP contribution < -0.4 is 19.5 Å². The van der Waals surface area contributed by atoms with Crippen molar-refractivity contribution in [1.29, 1.82) is 0 Å². The van der Waals surface area contributed by atoms with Gasteiger partial charge in [0, 0.05) is 12.5 Å². The van der Waals surface area contributed by atoms with Gasteiger partial charge >= 0.3 is 0 Å². The van der Waals surface area contributed by atoms with Crippen LogP contribution in [0.5, 0.6) is 17.2 Å². The maximum absolute atomic E-state index is 12.6. The van der Waals surface area contributed by atoms with Crippen LogP contribution in [0.4, 0.5) is 5.69 Å². The van der Waals surface area contributed by atoms with Crippen molar-refractivity contribution in [2.75, 3.05) is 38.9 Å². The number of aliphatic hydroxyl groups excluding tert-OH is 1. The van der Waals surface area contributed by atoms with Crippen LogP contribution in [-0.2, 0) is 4.79 Å². The predicted molar refractivity (Wildman–Crippen MR) is 108 cm³/mol. The lowest BCUT2D eigenvalue weighted by Gasteiger charge is -2.32. The number of rotatable bonds is 6. The Morgan fingerprint density at radius 1 is 1.21 bits per heavy atom. The van der Waals surface area contributed by atoms with E-state index >= 15 is 0 Å². The molecule has 2 aromatic rings. The maximum atomic E-state index is 12.6. The number of fused-ring (bicyclic) bond motifs is 1. The topological polar surface area (TPSA) is 80.3 Å². The van der Waals surface area contributed by atoms with E-state index in [1.165, 1.54) is 0 Å². The minimum absolute atomic E-state index is 0.0190. The summed E-state index contributed by atoms with van der Waals surface area (Å²) in [5, 5.41) is 13.6. The molecule has 7 nitrogen and oxygen atoms in total. The van der Waals surface area contributed by atoms with Gasteiger partial charge in [-0.25, -0.2) is 0 Å². The minimum atomic E-state index is -0.608. The van der Waals surface area contributed by atoms with E-state index in [0.717, 1.165) is 31.5 Å². The first kappa shape index (κ1) is 19.5. The van der Waals surface area contributed by atoms with Crippen LogP contribution in [0.25, 0.3) is 0 Å². The molecule has 4 rings (SSSR count).